The van der Waals surface area contributed by atoms with Crippen LogP contribution in [0.15, 0.2) is 29.2 Å². The maximum Gasteiger partial charge on any atom is 0.277 e. The summed E-state index contributed by atoms with van der Waals surface area (Å²) in [4.78, 5) is 0.871. The van der Waals surface area contributed by atoms with Gasteiger partial charge in [-0.1, -0.05) is 17.2 Å². The van der Waals surface area contributed by atoms with Gasteiger partial charge in [0.15, 0.2) is 0 Å². The Bertz CT molecular complexity index is 636. The Morgan fingerprint density at radius 2 is 2.06 bits per heavy atom. The number of phenolic OH excluding ortho intramolecular Hbond substituents is 1. The summed E-state index contributed by atoms with van der Waals surface area (Å²) < 4.78 is 25.8. The van der Waals surface area contributed by atoms with E-state index in [-0.39, 0.29) is 16.6 Å². The van der Waals surface area contributed by atoms with E-state index in [1.54, 1.807) is 0 Å². The lowest BCUT2D eigenvalue weighted by Gasteiger charge is -2.05. The van der Waals surface area contributed by atoms with Crippen LogP contribution in [0.2, 0.25) is 0 Å². The summed E-state index contributed by atoms with van der Waals surface area (Å²) in [5.74, 6) is -0.500. The second-order valence-electron chi connectivity index (χ2n) is 3.18. The average molecular weight is 255 g/mol. The van der Waals surface area contributed by atoms with Crippen LogP contribution in [0.1, 0.15) is 0 Å². The maximum atomic E-state index is 11.8. The molecule has 0 saturated heterocycles. The Kier molecular flexibility index (Phi) is 2.68. The molecule has 17 heavy (non-hydrogen) atoms. The molecule has 90 valence electrons. The molecule has 1 aromatic heterocycles. The molecule has 2 rings (SSSR count). The highest BCUT2D eigenvalue weighted by atomic mass is 32.2. The van der Waals surface area contributed by atoms with E-state index in [2.05, 4.69) is 20.1 Å². The van der Waals surface area contributed by atoms with E-state index in [0.717, 1.165) is 4.80 Å². The molecular weight excluding hydrogens is 246 g/mol. The molecule has 0 aliphatic rings. The van der Waals surface area contributed by atoms with Crippen LogP contribution in [0.25, 0.3) is 0 Å². The van der Waals surface area contributed by atoms with E-state index in [1.807, 2.05) is 0 Å². The highest BCUT2D eigenvalue weighted by Crippen LogP contribution is 2.22. The number of hydrogen-bond acceptors (Lipinski definition) is 6. The molecule has 2 aromatic rings. The summed E-state index contributed by atoms with van der Waals surface area (Å²) in [7, 11) is -2.40. The second-order valence-corrected chi connectivity index (χ2v) is 4.83. The van der Waals surface area contributed by atoms with E-state index in [9.17, 15) is 13.5 Å². The molecule has 0 aliphatic carbocycles. The first-order chi connectivity index (χ1) is 7.99. The van der Waals surface area contributed by atoms with Crippen molar-refractivity contribution in [2.24, 2.45) is 7.05 Å². The first-order valence-electron chi connectivity index (χ1n) is 4.54. The molecule has 0 spiro atoms. The average Bonchev–Trinajstić information content (AvgIpc) is 2.63. The van der Waals surface area contributed by atoms with E-state index in [1.165, 1.54) is 31.3 Å². The molecule has 1 aromatic carbocycles. The lowest BCUT2D eigenvalue weighted by atomic mass is 10.3. The van der Waals surface area contributed by atoms with Crippen LogP contribution in [0.3, 0.4) is 0 Å². The van der Waals surface area contributed by atoms with Crippen LogP contribution in [0.5, 0.6) is 5.75 Å². The number of nitrogens with one attached hydrogen (secondary N) is 1. The van der Waals surface area contributed by atoms with Gasteiger partial charge in [0, 0.05) is 0 Å². The zero-order valence-corrected chi connectivity index (χ0v) is 9.59. The third-order valence-electron chi connectivity index (χ3n) is 1.89. The smallest absolute Gasteiger partial charge is 0.277 e. The number of aryl methyl sites for hydroxylation is 1. The highest BCUT2D eigenvalue weighted by molar-refractivity contribution is 7.92. The van der Waals surface area contributed by atoms with Crippen LogP contribution in [0.4, 0.5) is 5.95 Å². The summed E-state index contributed by atoms with van der Waals surface area (Å²) in [6.45, 7) is 0. The van der Waals surface area contributed by atoms with Crippen molar-refractivity contribution in [3.8, 4) is 5.75 Å². The van der Waals surface area contributed by atoms with Crippen molar-refractivity contribution in [1.82, 2.24) is 20.2 Å². The number of para-hydroxylation sites is 1. The van der Waals surface area contributed by atoms with Crippen molar-refractivity contribution < 1.29 is 13.5 Å². The number of aromatic hydroxyl groups is 1. The van der Waals surface area contributed by atoms with E-state index in [0.29, 0.717) is 0 Å². The largest absolute Gasteiger partial charge is 0.507 e. The number of benzene rings is 1. The van der Waals surface area contributed by atoms with Crippen molar-refractivity contribution in [3.63, 3.8) is 0 Å². The predicted molar refractivity (Wildman–Crippen MR) is 57.7 cm³/mol. The molecule has 0 radical (unpaired) electrons. The summed E-state index contributed by atoms with van der Waals surface area (Å²) in [5, 5.41) is 20.1. The van der Waals surface area contributed by atoms with Gasteiger partial charge in [-0.05, 0) is 17.3 Å². The highest BCUT2D eigenvalue weighted by Gasteiger charge is 2.19. The van der Waals surface area contributed by atoms with Crippen molar-refractivity contribution in [2.45, 2.75) is 4.90 Å². The number of tetrazole rings is 1. The van der Waals surface area contributed by atoms with Gasteiger partial charge in [0.2, 0.25) is 0 Å². The Morgan fingerprint density at radius 1 is 1.35 bits per heavy atom. The molecule has 0 amide bonds. The van der Waals surface area contributed by atoms with Crippen LogP contribution < -0.4 is 4.72 Å². The fourth-order valence-corrected chi connectivity index (χ4v) is 2.22. The van der Waals surface area contributed by atoms with E-state index in [4.69, 9.17) is 0 Å². The SMILES string of the molecule is Cn1nnc(NS(=O)(=O)c2ccccc2O)n1. The first kappa shape index (κ1) is 11.3. The number of rotatable bonds is 3. The van der Waals surface area contributed by atoms with Crippen LogP contribution in [-0.2, 0) is 17.1 Å². The molecule has 0 bridgehead atoms. The Balaban J connectivity index is 2.35. The lowest BCUT2D eigenvalue weighted by Crippen LogP contribution is -2.14. The number of aromatic nitrogens is 4. The topological polar surface area (TPSA) is 110 Å². The first-order valence-corrected chi connectivity index (χ1v) is 6.02. The van der Waals surface area contributed by atoms with Crippen LogP contribution in [-0.4, -0.2) is 33.7 Å². The van der Waals surface area contributed by atoms with Gasteiger partial charge < -0.3 is 5.11 Å². The molecule has 8 nitrogen and oxygen atoms in total. The number of nitrogens with zero attached hydrogens (tertiary/aromatic N) is 4. The number of hydrogen-bond donors (Lipinski definition) is 2. The number of sulfonamides is 1. The minimum Gasteiger partial charge on any atom is -0.507 e. The Morgan fingerprint density at radius 3 is 2.65 bits per heavy atom. The third-order valence-corrected chi connectivity index (χ3v) is 3.26. The van der Waals surface area contributed by atoms with Crippen molar-refractivity contribution in [3.05, 3.63) is 24.3 Å². The summed E-state index contributed by atoms with van der Waals surface area (Å²) in [5.41, 5.74) is 0. The maximum absolute atomic E-state index is 11.8. The molecule has 9 heteroatoms. The van der Waals surface area contributed by atoms with Crippen molar-refractivity contribution >= 4 is 16.0 Å². The van der Waals surface area contributed by atoms with Crippen LogP contribution >= 0.6 is 0 Å². The molecule has 0 aliphatic heterocycles. The quantitative estimate of drug-likeness (QED) is 0.780. The van der Waals surface area contributed by atoms with Gasteiger partial charge in [-0.25, -0.2) is 13.1 Å². The van der Waals surface area contributed by atoms with Crippen molar-refractivity contribution in [2.75, 3.05) is 4.72 Å². The number of phenols is 1. The zero-order chi connectivity index (χ0) is 12.5. The van der Waals surface area contributed by atoms with Gasteiger partial charge in [0.25, 0.3) is 16.0 Å². The molecule has 0 saturated carbocycles. The van der Waals surface area contributed by atoms with E-state index < -0.39 is 10.0 Å². The Hall–Kier alpha value is -2.16. The van der Waals surface area contributed by atoms with Gasteiger partial charge >= 0.3 is 0 Å². The van der Waals surface area contributed by atoms with Gasteiger partial charge in [-0.15, -0.1) is 5.10 Å². The Labute approximate surface area is 96.9 Å². The normalized spacial score (nSPS) is 11.4. The molecule has 0 unspecified atom stereocenters. The third kappa shape index (κ3) is 2.33. The standard InChI is InChI=1S/C8H9N5O3S/c1-13-10-8(9-12-13)11-17(15,16)7-5-3-2-4-6(7)14/h2-5,14H,1H3,(H,10,11). The van der Waals surface area contributed by atoms with Crippen molar-refractivity contribution in [1.29, 1.82) is 0 Å². The lowest BCUT2D eigenvalue weighted by molar-refractivity contribution is 0.459. The fourth-order valence-electron chi connectivity index (χ4n) is 1.18. The van der Waals surface area contributed by atoms with Gasteiger partial charge in [0.1, 0.15) is 10.6 Å². The minimum absolute atomic E-state index is 0.157. The van der Waals surface area contributed by atoms with Gasteiger partial charge in [0.05, 0.1) is 7.05 Å². The van der Waals surface area contributed by atoms with E-state index >= 15 is 0 Å². The monoisotopic (exact) mass is 255 g/mol. The molecule has 1 heterocycles. The zero-order valence-electron chi connectivity index (χ0n) is 8.77. The molecular formula is C8H9N5O3S. The fraction of sp³-hybridized carbons (Fsp3) is 0.125. The molecule has 0 atom stereocenters. The number of anilines is 1. The van der Waals surface area contributed by atoms with Gasteiger partial charge in [-0.2, -0.15) is 4.80 Å². The molecule has 2 N–H and O–H groups in total. The van der Waals surface area contributed by atoms with Gasteiger partial charge in [-0.3, -0.25) is 0 Å². The molecule has 0 fully saturated rings. The van der Waals surface area contributed by atoms with Crippen LogP contribution in [0, 0.1) is 0 Å². The summed E-state index contributed by atoms with van der Waals surface area (Å²) in [6, 6.07) is 5.57. The predicted octanol–water partition coefficient (Wildman–Crippen LogP) is -0.284. The summed E-state index contributed by atoms with van der Waals surface area (Å²) >= 11 is 0. The summed E-state index contributed by atoms with van der Waals surface area (Å²) in [6.07, 6.45) is 0. The second kappa shape index (κ2) is 4.01. The minimum atomic E-state index is -3.91.